The molecule has 0 aromatic heterocycles. The first kappa shape index (κ1) is 14.8. The van der Waals surface area contributed by atoms with Crippen LogP contribution in [-0.2, 0) is 19.0 Å². The minimum Gasteiger partial charge on any atom is -0.170 e. The molecule has 0 spiro atoms. The van der Waals surface area contributed by atoms with Crippen molar-refractivity contribution in [2.24, 2.45) is 0 Å². The molecular weight excluding hydrogens is 220 g/mol. The van der Waals surface area contributed by atoms with Crippen LogP contribution in [0.5, 0.6) is 0 Å². The van der Waals surface area contributed by atoms with Gasteiger partial charge in [-0.15, -0.1) is 0 Å². The maximum Gasteiger partial charge on any atom is 0.432 e. The lowest BCUT2D eigenvalue weighted by atomic mass is 10.6. The van der Waals surface area contributed by atoms with Gasteiger partial charge in [0.05, 0.1) is 0 Å². The highest BCUT2D eigenvalue weighted by molar-refractivity contribution is 7.81. The number of hydroxylamine groups is 4. The zero-order chi connectivity index (χ0) is 11.9. The molecule has 0 saturated heterocycles. The summed E-state index contributed by atoms with van der Waals surface area (Å²) in [6.45, 7) is 9.14. The van der Waals surface area contributed by atoms with E-state index in [1.807, 2.05) is 0 Å². The van der Waals surface area contributed by atoms with Crippen molar-refractivity contribution < 1.29 is 17.0 Å². The second kappa shape index (κ2) is 7.13. The Morgan fingerprint density at radius 1 is 0.800 bits per heavy atom. The van der Waals surface area contributed by atoms with Crippen molar-refractivity contribution in [3.05, 3.63) is 0 Å². The molecule has 0 fully saturated rings. The maximum absolute atomic E-state index is 11.4. The summed E-state index contributed by atoms with van der Waals surface area (Å²) >= 11 is 0. The summed E-state index contributed by atoms with van der Waals surface area (Å²) in [5.74, 6) is 0. The minimum absolute atomic E-state index is 0.483. The third-order valence-corrected chi connectivity index (χ3v) is 2.59. The number of nitrogens with zero attached hydrogens (tertiary/aromatic N) is 2. The molecular formula is C8H20N2O4S. The number of hydrogen-bond donors (Lipinski definition) is 0. The second-order valence-corrected chi connectivity index (χ2v) is 3.90. The highest BCUT2D eigenvalue weighted by Gasteiger charge is 2.20. The lowest BCUT2D eigenvalue weighted by Gasteiger charge is -2.20. The Balaban J connectivity index is 4.29. The number of rotatable bonds is 8. The summed E-state index contributed by atoms with van der Waals surface area (Å²) in [7, 11) is -3.98. The fraction of sp³-hybridized carbons (Fsp3) is 1.00. The van der Waals surface area contributed by atoms with Gasteiger partial charge < -0.3 is 0 Å². The van der Waals surface area contributed by atoms with Gasteiger partial charge in [-0.25, -0.2) is 0 Å². The van der Waals surface area contributed by atoms with Gasteiger partial charge in [-0.1, -0.05) is 27.7 Å². The van der Waals surface area contributed by atoms with E-state index in [4.69, 9.17) is 8.57 Å². The maximum atomic E-state index is 11.4. The van der Waals surface area contributed by atoms with E-state index in [1.165, 1.54) is 10.1 Å². The molecule has 15 heavy (non-hydrogen) atoms. The molecule has 0 heterocycles. The predicted molar refractivity (Wildman–Crippen MR) is 56.9 cm³/mol. The average molecular weight is 240 g/mol. The van der Waals surface area contributed by atoms with Gasteiger partial charge in [0.15, 0.2) is 0 Å². The molecule has 0 aliphatic carbocycles. The van der Waals surface area contributed by atoms with Crippen LogP contribution >= 0.6 is 0 Å². The first-order valence-corrected chi connectivity index (χ1v) is 6.46. The van der Waals surface area contributed by atoms with Crippen LogP contribution in [0.1, 0.15) is 27.7 Å². The van der Waals surface area contributed by atoms with Crippen LogP contribution in [0.25, 0.3) is 0 Å². The molecule has 0 unspecified atom stereocenters. The molecule has 0 aliphatic heterocycles. The molecule has 7 heteroatoms. The van der Waals surface area contributed by atoms with E-state index in [0.717, 1.165) is 0 Å². The van der Waals surface area contributed by atoms with E-state index in [9.17, 15) is 8.42 Å². The molecule has 0 bridgehead atoms. The normalized spacial score (nSPS) is 12.7. The molecule has 92 valence electrons. The van der Waals surface area contributed by atoms with Gasteiger partial charge in [-0.05, 0) is 0 Å². The molecule has 0 rings (SSSR count). The minimum atomic E-state index is -3.98. The summed E-state index contributed by atoms with van der Waals surface area (Å²) in [5, 5.41) is 2.61. The average Bonchev–Trinajstić information content (AvgIpc) is 2.22. The summed E-state index contributed by atoms with van der Waals surface area (Å²) in [6, 6.07) is 0. The van der Waals surface area contributed by atoms with Gasteiger partial charge in [-0.2, -0.15) is 27.1 Å². The standard InChI is InChI=1S/C8H20N2O4S/c1-5-9(6-2)13-15(11,12)14-10(7-3)8-4/h5-8H2,1-4H3. The first-order chi connectivity index (χ1) is 6.99. The zero-order valence-electron chi connectivity index (χ0n) is 9.76. The summed E-state index contributed by atoms with van der Waals surface area (Å²) in [5.41, 5.74) is 0. The summed E-state index contributed by atoms with van der Waals surface area (Å²) in [6.07, 6.45) is 0. The molecule has 0 atom stereocenters. The molecule has 0 saturated carbocycles. The second-order valence-electron chi connectivity index (χ2n) is 2.79. The Kier molecular flexibility index (Phi) is 7.03. The summed E-state index contributed by atoms with van der Waals surface area (Å²) < 4.78 is 32.1. The van der Waals surface area contributed by atoms with Crippen LogP contribution in [0.3, 0.4) is 0 Å². The van der Waals surface area contributed by atoms with Crippen molar-refractivity contribution in [2.75, 3.05) is 26.2 Å². The molecule has 0 N–H and O–H groups in total. The molecule has 0 aromatic rings. The Bertz CT molecular complexity index is 227. The van der Waals surface area contributed by atoms with E-state index < -0.39 is 10.4 Å². The van der Waals surface area contributed by atoms with Crippen LogP contribution in [0.15, 0.2) is 0 Å². The van der Waals surface area contributed by atoms with Gasteiger partial charge in [0.25, 0.3) is 0 Å². The third-order valence-electron chi connectivity index (χ3n) is 1.80. The number of hydrogen-bond acceptors (Lipinski definition) is 6. The third kappa shape index (κ3) is 6.06. The van der Waals surface area contributed by atoms with Crippen LogP contribution in [0.2, 0.25) is 0 Å². The van der Waals surface area contributed by atoms with E-state index in [0.29, 0.717) is 26.2 Å². The Morgan fingerprint density at radius 2 is 1.07 bits per heavy atom. The quantitative estimate of drug-likeness (QED) is 0.584. The highest BCUT2D eigenvalue weighted by Crippen LogP contribution is 2.04. The molecule has 0 aliphatic rings. The van der Waals surface area contributed by atoms with Crippen molar-refractivity contribution in [1.82, 2.24) is 10.1 Å². The van der Waals surface area contributed by atoms with Gasteiger partial charge in [0.1, 0.15) is 0 Å². The predicted octanol–water partition coefficient (Wildman–Crippen LogP) is 0.778. The zero-order valence-corrected chi connectivity index (χ0v) is 10.6. The van der Waals surface area contributed by atoms with Gasteiger partial charge in [-0.3, -0.25) is 0 Å². The SMILES string of the molecule is CCN(CC)OS(=O)(=O)ON(CC)CC. The van der Waals surface area contributed by atoms with E-state index in [-0.39, 0.29) is 0 Å². The van der Waals surface area contributed by atoms with E-state index in [1.54, 1.807) is 27.7 Å². The smallest absolute Gasteiger partial charge is 0.170 e. The lowest BCUT2D eigenvalue weighted by molar-refractivity contribution is -0.107. The Hall–Kier alpha value is -0.210. The van der Waals surface area contributed by atoms with Crippen molar-refractivity contribution >= 4 is 10.4 Å². The Morgan fingerprint density at radius 3 is 1.27 bits per heavy atom. The van der Waals surface area contributed by atoms with Crippen LogP contribution in [0, 0.1) is 0 Å². The highest BCUT2D eigenvalue weighted by atomic mass is 32.3. The fourth-order valence-electron chi connectivity index (χ4n) is 0.930. The van der Waals surface area contributed by atoms with Gasteiger partial charge in [0.2, 0.25) is 0 Å². The summed E-state index contributed by atoms with van der Waals surface area (Å²) in [4.78, 5) is 0. The topological polar surface area (TPSA) is 59.1 Å². The lowest BCUT2D eigenvalue weighted by Crippen LogP contribution is -2.33. The molecule has 0 radical (unpaired) electrons. The monoisotopic (exact) mass is 240 g/mol. The van der Waals surface area contributed by atoms with Crippen molar-refractivity contribution in [3.8, 4) is 0 Å². The van der Waals surface area contributed by atoms with Gasteiger partial charge >= 0.3 is 10.4 Å². The fourth-order valence-corrected chi connectivity index (χ4v) is 1.90. The Labute approximate surface area is 92.0 Å². The van der Waals surface area contributed by atoms with Crippen LogP contribution in [-0.4, -0.2) is 44.7 Å². The van der Waals surface area contributed by atoms with Crippen LogP contribution in [0.4, 0.5) is 0 Å². The molecule has 6 nitrogen and oxygen atoms in total. The van der Waals surface area contributed by atoms with E-state index >= 15 is 0 Å². The molecule has 0 amide bonds. The molecule has 0 aromatic carbocycles. The van der Waals surface area contributed by atoms with E-state index in [2.05, 4.69) is 0 Å². The van der Waals surface area contributed by atoms with Crippen molar-refractivity contribution in [2.45, 2.75) is 27.7 Å². The first-order valence-electron chi connectivity index (χ1n) is 5.13. The van der Waals surface area contributed by atoms with Crippen LogP contribution < -0.4 is 0 Å². The van der Waals surface area contributed by atoms with Gasteiger partial charge in [0, 0.05) is 26.2 Å². The van der Waals surface area contributed by atoms with Crippen molar-refractivity contribution in [3.63, 3.8) is 0 Å². The van der Waals surface area contributed by atoms with Crippen molar-refractivity contribution in [1.29, 1.82) is 0 Å². The largest absolute Gasteiger partial charge is 0.432 e.